The fourth-order valence-electron chi connectivity index (χ4n) is 14.1. The third kappa shape index (κ3) is 49.4. The molecule has 2 aliphatic heterocycles. The second-order valence-corrected chi connectivity index (χ2v) is 31.1. The normalized spacial score (nSPS) is 19.0. The van der Waals surface area contributed by atoms with Gasteiger partial charge in [0.05, 0.1) is 6.10 Å². The Morgan fingerprint density at radius 1 is 0.505 bits per heavy atom. The summed E-state index contributed by atoms with van der Waals surface area (Å²) in [4.78, 5) is 37.7. The van der Waals surface area contributed by atoms with E-state index in [9.17, 15) is 24.9 Å². The van der Waals surface area contributed by atoms with Crippen LogP contribution in [0.25, 0.3) is 0 Å². The number of hydrogen-bond acceptors (Lipinski definition) is 22. The van der Waals surface area contributed by atoms with Crippen molar-refractivity contribution >= 4 is 23.9 Å². The highest BCUT2D eigenvalue weighted by Crippen LogP contribution is 2.25. The van der Waals surface area contributed by atoms with Crippen molar-refractivity contribution in [1.82, 2.24) is 73.6 Å². The van der Waals surface area contributed by atoms with Crippen molar-refractivity contribution in [1.29, 1.82) is 0 Å². The molecule has 14 atom stereocenters. The molecular formula is C75H160N23O5. The van der Waals surface area contributed by atoms with E-state index in [-0.39, 0.29) is 85.1 Å². The van der Waals surface area contributed by atoms with Crippen molar-refractivity contribution in [2.45, 2.75) is 276 Å². The first-order valence-electron chi connectivity index (χ1n) is 40.5. The summed E-state index contributed by atoms with van der Waals surface area (Å²) in [7, 11) is 0. The standard InChI is InChI=1S/C75H160N23O5/c1-10-58(8)71(96-52-70(59(9)99)95-51-69(57(6)7)94-48-64(27-29-73(102)103)90-45-61(22-17-34-87-74(79)80)85-33-16-12-11-14-30-76)54-98-40-20-25-68(98)53-97-39-19-24-67(97)50-93-60(21-13-15-31-77)43-84-37-38-86-62(23-18-35-88-75(81)82)46-89-63(26-28-72(100)101)47-91-66(42-56(4)5)49-92-65(41-55(2)3)44-83-36-32-78/h16,36-37,55-71,83-86,89-96,99H,10-15,17-35,38-54,76-78H2,1-9H3,(H,100,101)(H,102,103)(H4,79,80,87)(H4,81,82,88)/t58-,59+,60-,61-,62-,63-,64-,65-,66-,67-,68-,69+,70+,71+/m0/s1. The van der Waals surface area contributed by atoms with Gasteiger partial charge in [0, 0.05) is 203 Å². The molecule has 2 heterocycles. The van der Waals surface area contributed by atoms with Crippen LogP contribution in [0.15, 0.2) is 9.98 Å². The lowest BCUT2D eigenvalue weighted by atomic mass is 9.97. The summed E-state index contributed by atoms with van der Waals surface area (Å²) in [5.41, 5.74) is 40.1. The number of nitrogens with one attached hydrogen (secondary N) is 12. The van der Waals surface area contributed by atoms with E-state index in [0.29, 0.717) is 127 Å². The number of carbonyl (C=O) groups is 2. The maximum absolute atomic E-state index is 11.9. The molecule has 103 heavy (non-hydrogen) atoms. The average molecular weight is 1460 g/mol. The molecule has 0 amide bonds. The first-order valence-corrected chi connectivity index (χ1v) is 40.5. The van der Waals surface area contributed by atoms with Gasteiger partial charge in [-0.2, -0.15) is 0 Å². The molecule has 28 nitrogen and oxygen atoms in total. The molecule has 2 fully saturated rings. The third-order valence-electron chi connectivity index (χ3n) is 20.7. The van der Waals surface area contributed by atoms with E-state index in [0.717, 1.165) is 142 Å². The van der Waals surface area contributed by atoms with Gasteiger partial charge in [0.15, 0.2) is 11.9 Å². The van der Waals surface area contributed by atoms with Gasteiger partial charge in [0.2, 0.25) is 0 Å². The molecule has 29 N–H and O–H groups in total. The Morgan fingerprint density at radius 3 is 1.51 bits per heavy atom. The van der Waals surface area contributed by atoms with Gasteiger partial charge in [-0.15, -0.1) is 0 Å². The van der Waals surface area contributed by atoms with Crippen LogP contribution in [0.1, 0.15) is 197 Å². The van der Waals surface area contributed by atoms with Crippen LogP contribution in [0.2, 0.25) is 0 Å². The quantitative estimate of drug-likeness (QED) is 0.0233. The fraction of sp³-hybridized carbons (Fsp3) is 0.907. The largest absolute Gasteiger partial charge is 0.481 e. The number of rotatable bonds is 71. The van der Waals surface area contributed by atoms with E-state index in [4.69, 9.17) is 40.1 Å². The van der Waals surface area contributed by atoms with Gasteiger partial charge >= 0.3 is 11.9 Å². The Labute approximate surface area is 626 Å². The number of aliphatic carboxylic acids is 2. The molecule has 605 valence electrons. The number of likely N-dealkylation sites (tertiary alicyclic amines) is 2. The molecule has 0 spiro atoms. The van der Waals surface area contributed by atoms with Gasteiger partial charge in [-0.1, -0.05) is 74.7 Å². The van der Waals surface area contributed by atoms with E-state index in [1.54, 1.807) is 0 Å². The SMILES string of the molecule is CC[C@H](C)[C@@H](CN1CCC[C@H]1CN1CCC[C@H]1CN[C@@H](CCCCN)CN[CH]CN[C@@H](CCCN=C(N)N)CN[C@@H](CCC(=O)O)CN[C@H](CN[C@H](CN[CH]CN)CC(C)C)CC(C)C)NC[C@@H](NC[C@@H](NC[C@H](CCC(=O)O)NC[C@H](CCCN=C(N)N)NC[CH]CCCCN)C(C)C)[C@@H](C)O. The number of guanidine groups is 2. The van der Waals surface area contributed by atoms with Crippen LogP contribution in [-0.2, 0) is 9.59 Å². The summed E-state index contributed by atoms with van der Waals surface area (Å²) in [6.07, 6.45) is 20.2. The van der Waals surface area contributed by atoms with Crippen molar-refractivity contribution < 1.29 is 24.9 Å². The van der Waals surface area contributed by atoms with Crippen molar-refractivity contribution in [2.75, 3.05) is 137 Å². The van der Waals surface area contributed by atoms with E-state index in [1.165, 1.54) is 25.7 Å². The fourth-order valence-corrected chi connectivity index (χ4v) is 14.1. The van der Waals surface area contributed by atoms with Crippen molar-refractivity contribution in [3.05, 3.63) is 19.5 Å². The van der Waals surface area contributed by atoms with Crippen LogP contribution in [0, 0.1) is 43.2 Å². The molecule has 0 aromatic carbocycles. The second-order valence-electron chi connectivity index (χ2n) is 31.1. The van der Waals surface area contributed by atoms with Crippen LogP contribution in [-0.4, -0.2) is 265 Å². The summed E-state index contributed by atoms with van der Waals surface area (Å²) in [6, 6.07) is 2.09. The molecule has 2 saturated heterocycles. The summed E-state index contributed by atoms with van der Waals surface area (Å²) < 4.78 is 0. The molecule has 3 radical (unpaired) electrons. The number of aliphatic hydroxyl groups excluding tert-OH is 1. The highest BCUT2D eigenvalue weighted by atomic mass is 16.4. The van der Waals surface area contributed by atoms with E-state index < -0.39 is 18.0 Å². The summed E-state index contributed by atoms with van der Waals surface area (Å²) >= 11 is 0. The predicted molar refractivity (Wildman–Crippen MR) is 429 cm³/mol. The number of nitrogens with zero attached hydrogens (tertiary/aromatic N) is 4. The average Bonchev–Trinajstić information content (AvgIpc) is 1.72. The molecule has 0 unspecified atom stereocenters. The minimum Gasteiger partial charge on any atom is -0.481 e. The lowest BCUT2D eigenvalue weighted by Crippen LogP contribution is -2.56. The summed E-state index contributed by atoms with van der Waals surface area (Å²) in [5.74, 6) is 0.340. The Morgan fingerprint density at radius 2 is 0.971 bits per heavy atom. The Balaban J connectivity index is 2.08. The monoisotopic (exact) mass is 1460 g/mol. The Hall–Kier alpha value is -3.24. The maximum atomic E-state index is 11.9. The predicted octanol–water partition coefficient (Wildman–Crippen LogP) is 1.43. The highest BCUT2D eigenvalue weighted by molar-refractivity contribution is 5.76. The van der Waals surface area contributed by atoms with Gasteiger partial charge in [0.25, 0.3) is 0 Å². The lowest BCUT2D eigenvalue weighted by molar-refractivity contribution is -0.138. The first kappa shape index (κ1) is 95.8. The molecule has 0 aliphatic carbocycles. The number of carboxylic acids is 2. The molecule has 2 aliphatic rings. The van der Waals surface area contributed by atoms with Gasteiger partial charge in [0.1, 0.15) is 0 Å². The van der Waals surface area contributed by atoms with Gasteiger partial charge in [-0.05, 0) is 172 Å². The maximum Gasteiger partial charge on any atom is 0.303 e. The summed E-state index contributed by atoms with van der Waals surface area (Å²) in [5, 5.41) is 76.0. The number of aliphatic hydroxyl groups is 1. The third-order valence-corrected chi connectivity index (χ3v) is 20.7. The van der Waals surface area contributed by atoms with Crippen LogP contribution >= 0.6 is 0 Å². The molecular weight excluding hydrogens is 1300 g/mol. The smallest absolute Gasteiger partial charge is 0.303 e. The van der Waals surface area contributed by atoms with Crippen LogP contribution in [0.4, 0.5) is 0 Å². The van der Waals surface area contributed by atoms with E-state index in [1.807, 2.05) is 13.5 Å². The van der Waals surface area contributed by atoms with Gasteiger partial charge in [-0.3, -0.25) is 29.4 Å². The first-order chi connectivity index (χ1) is 49.5. The molecule has 0 bridgehead atoms. The molecule has 2 rings (SSSR count). The molecule has 28 heteroatoms. The summed E-state index contributed by atoms with van der Waals surface area (Å²) in [6.45, 7) is 39.9. The topological polar surface area (TPSA) is 453 Å². The zero-order valence-corrected chi connectivity index (χ0v) is 66.2. The zero-order chi connectivity index (χ0) is 76.0. The minimum absolute atomic E-state index is 0.0408. The minimum atomic E-state index is -0.809. The molecule has 0 saturated carbocycles. The Bertz CT molecular complexity index is 2100. The van der Waals surface area contributed by atoms with Crippen LogP contribution in [0.5, 0.6) is 0 Å². The van der Waals surface area contributed by atoms with Crippen LogP contribution in [0.3, 0.4) is 0 Å². The lowest BCUT2D eigenvalue weighted by Gasteiger charge is -2.37. The van der Waals surface area contributed by atoms with E-state index >= 15 is 0 Å². The Kier molecular flexibility index (Phi) is 56.4. The van der Waals surface area contributed by atoms with Crippen molar-refractivity contribution in [3.63, 3.8) is 0 Å². The molecule has 0 aromatic rings. The van der Waals surface area contributed by atoms with Gasteiger partial charge in [-0.25, -0.2) is 0 Å². The number of carboxylic acid groups (broad SMARTS) is 2. The zero-order valence-electron chi connectivity index (χ0n) is 66.2. The second kappa shape index (κ2) is 60.6. The number of aliphatic imine (C=N–C) groups is 2. The van der Waals surface area contributed by atoms with Gasteiger partial charge < -0.3 is 119 Å². The molecule has 0 aromatic heterocycles. The van der Waals surface area contributed by atoms with Crippen LogP contribution < -0.4 is 104 Å². The number of hydrogen-bond donors (Lipinski definition) is 22. The number of unbranched alkanes of at least 4 members (excludes halogenated alkanes) is 4. The van der Waals surface area contributed by atoms with Crippen molar-refractivity contribution in [3.8, 4) is 0 Å². The van der Waals surface area contributed by atoms with E-state index in [2.05, 4.69) is 152 Å². The number of nitrogens with two attached hydrogens (primary N) is 7. The highest BCUT2D eigenvalue weighted by Gasteiger charge is 2.34. The van der Waals surface area contributed by atoms with Crippen molar-refractivity contribution in [2.24, 2.45) is 73.8 Å².